The molecule has 0 amide bonds. The van der Waals surface area contributed by atoms with Crippen molar-refractivity contribution in [2.45, 2.75) is 51.5 Å². The Morgan fingerprint density at radius 3 is 2.42 bits per heavy atom. The second-order valence-electron chi connectivity index (χ2n) is 4.66. The van der Waals surface area contributed by atoms with E-state index in [1.165, 1.54) is 51.6 Å². The summed E-state index contributed by atoms with van der Waals surface area (Å²) in [5.74, 6) is 0.982. The van der Waals surface area contributed by atoms with Gasteiger partial charge in [-0.3, -0.25) is 0 Å². The van der Waals surface area contributed by atoms with Crippen LogP contribution in [0.3, 0.4) is 0 Å². The van der Waals surface area contributed by atoms with Gasteiger partial charge in [-0.25, -0.2) is 0 Å². The molecule has 0 spiro atoms. The molecule has 1 saturated carbocycles. The van der Waals surface area contributed by atoms with Gasteiger partial charge < -0.3 is 4.90 Å². The summed E-state index contributed by atoms with van der Waals surface area (Å²) >= 11 is 0. The minimum absolute atomic E-state index is 0.982. The summed E-state index contributed by atoms with van der Waals surface area (Å²) in [5, 5.41) is 0. The predicted octanol–water partition coefficient (Wildman–Crippen LogP) is 2.66. The molecule has 1 nitrogen and oxygen atoms in total. The smallest absolute Gasteiger partial charge is 0.00952 e. The van der Waals surface area contributed by atoms with Gasteiger partial charge in [0.2, 0.25) is 0 Å². The van der Waals surface area contributed by atoms with E-state index in [2.05, 4.69) is 11.8 Å². The van der Waals surface area contributed by atoms with Crippen LogP contribution in [0, 0.1) is 5.92 Å². The lowest BCUT2D eigenvalue weighted by Gasteiger charge is -2.36. The molecule has 0 aromatic heterocycles. The van der Waals surface area contributed by atoms with Crippen molar-refractivity contribution in [2.75, 3.05) is 13.1 Å². The first-order chi connectivity index (χ1) is 5.86. The van der Waals surface area contributed by atoms with E-state index >= 15 is 0 Å². The molecule has 0 N–H and O–H groups in total. The van der Waals surface area contributed by atoms with Gasteiger partial charge in [0.25, 0.3) is 0 Å². The van der Waals surface area contributed by atoms with Crippen molar-refractivity contribution in [3.63, 3.8) is 0 Å². The first kappa shape index (κ1) is 8.55. The summed E-state index contributed by atoms with van der Waals surface area (Å²) in [6.45, 7) is 5.17. The van der Waals surface area contributed by atoms with Gasteiger partial charge in [0, 0.05) is 6.04 Å². The fourth-order valence-corrected chi connectivity index (χ4v) is 2.40. The minimum atomic E-state index is 0.982. The summed E-state index contributed by atoms with van der Waals surface area (Å²) in [7, 11) is 0. The van der Waals surface area contributed by atoms with E-state index in [1.54, 1.807) is 0 Å². The lowest BCUT2D eigenvalue weighted by atomic mass is 9.91. The molecule has 70 valence electrons. The fraction of sp³-hybridized carbons (Fsp3) is 1.00. The molecule has 2 aliphatic rings. The van der Waals surface area contributed by atoms with Crippen LogP contribution < -0.4 is 0 Å². The van der Waals surface area contributed by atoms with Gasteiger partial charge in [-0.05, 0) is 51.1 Å². The minimum Gasteiger partial charge on any atom is -0.300 e. The third-order valence-corrected chi connectivity index (χ3v) is 3.64. The summed E-state index contributed by atoms with van der Waals surface area (Å²) in [5.41, 5.74) is 0. The molecular weight excluding hydrogens is 146 g/mol. The van der Waals surface area contributed by atoms with Gasteiger partial charge in [0.1, 0.15) is 0 Å². The van der Waals surface area contributed by atoms with Crippen LogP contribution in [0.4, 0.5) is 0 Å². The highest BCUT2D eigenvalue weighted by Crippen LogP contribution is 2.27. The summed E-state index contributed by atoms with van der Waals surface area (Å²) in [4.78, 5) is 2.74. The van der Waals surface area contributed by atoms with Crippen LogP contribution in [-0.2, 0) is 0 Å². The van der Waals surface area contributed by atoms with Gasteiger partial charge in [0.05, 0.1) is 0 Å². The van der Waals surface area contributed by atoms with Gasteiger partial charge in [-0.15, -0.1) is 0 Å². The van der Waals surface area contributed by atoms with Crippen molar-refractivity contribution in [3.05, 3.63) is 0 Å². The Hall–Kier alpha value is -0.0400. The molecule has 1 heterocycles. The van der Waals surface area contributed by atoms with E-state index in [1.807, 2.05) is 0 Å². The SMILES string of the molecule is CC1CCCN(C2CCC2)CC1. The summed E-state index contributed by atoms with van der Waals surface area (Å²) in [6, 6.07) is 0.982. The molecule has 0 bridgehead atoms. The van der Waals surface area contributed by atoms with E-state index in [0.29, 0.717) is 0 Å². The number of rotatable bonds is 1. The van der Waals surface area contributed by atoms with E-state index in [-0.39, 0.29) is 0 Å². The standard InChI is InChI=1S/C11H21N/c1-10-4-3-8-12(9-7-10)11-5-2-6-11/h10-11H,2-9H2,1H3. The highest BCUT2D eigenvalue weighted by molar-refractivity contribution is 4.81. The first-order valence-corrected chi connectivity index (χ1v) is 5.60. The molecule has 0 aromatic carbocycles. The lowest BCUT2D eigenvalue weighted by molar-refractivity contribution is 0.131. The number of hydrogen-bond acceptors (Lipinski definition) is 1. The Kier molecular flexibility index (Phi) is 2.69. The van der Waals surface area contributed by atoms with Crippen LogP contribution in [0.5, 0.6) is 0 Å². The molecule has 0 aromatic rings. The number of likely N-dealkylation sites (tertiary alicyclic amines) is 1. The van der Waals surface area contributed by atoms with Crippen LogP contribution in [0.2, 0.25) is 0 Å². The molecular formula is C11H21N. The fourth-order valence-electron chi connectivity index (χ4n) is 2.40. The normalized spacial score (nSPS) is 34.2. The van der Waals surface area contributed by atoms with Crippen molar-refractivity contribution in [2.24, 2.45) is 5.92 Å². The third kappa shape index (κ3) is 1.82. The van der Waals surface area contributed by atoms with Crippen LogP contribution in [0.25, 0.3) is 0 Å². The monoisotopic (exact) mass is 167 g/mol. The maximum atomic E-state index is 2.74. The van der Waals surface area contributed by atoms with Crippen molar-refractivity contribution >= 4 is 0 Å². The maximum absolute atomic E-state index is 2.74. The Bertz CT molecular complexity index is 140. The molecule has 2 rings (SSSR count). The molecule has 1 saturated heterocycles. The number of hydrogen-bond donors (Lipinski definition) is 0. The number of nitrogens with zero attached hydrogens (tertiary/aromatic N) is 1. The quantitative estimate of drug-likeness (QED) is 0.580. The molecule has 1 aliphatic heterocycles. The van der Waals surface area contributed by atoms with Gasteiger partial charge >= 0.3 is 0 Å². The molecule has 2 fully saturated rings. The van der Waals surface area contributed by atoms with Crippen molar-refractivity contribution in [1.82, 2.24) is 4.90 Å². The van der Waals surface area contributed by atoms with E-state index in [9.17, 15) is 0 Å². The summed E-state index contributed by atoms with van der Waals surface area (Å²) in [6.07, 6.45) is 8.79. The largest absolute Gasteiger partial charge is 0.300 e. The predicted molar refractivity (Wildman–Crippen MR) is 52.2 cm³/mol. The van der Waals surface area contributed by atoms with Crippen molar-refractivity contribution in [1.29, 1.82) is 0 Å². The molecule has 1 atom stereocenters. The molecule has 1 aliphatic carbocycles. The Morgan fingerprint density at radius 1 is 0.917 bits per heavy atom. The Labute approximate surface area is 76.1 Å². The molecule has 1 unspecified atom stereocenters. The average molecular weight is 167 g/mol. The molecule has 1 heteroatoms. The van der Waals surface area contributed by atoms with Crippen LogP contribution in [0.15, 0.2) is 0 Å². The molecule has 0 radical (unpaired) electrons. The Balaban J connectivity index is 1.81. The van der Waals surface area contributed by atoms with Gasteiger partial charge in [-0.1, -0.05) is 13.3 Å². The van der Waals surface area contributed by atoms with E-state index < -0.39 is 0 Å². The Morgan fingerprint density at radius 2 is 1.75 bits per heavy atom. The highest BCUT2D eigenvalue weighted by atomic mass is 15.2. The average Bonchev–Trinajstić information content (AvgIpc) is 2.12. The topological polar surface area (TPSA) is 3.24 Å². The second kappa shape index (κ2) is 3.78. The zero-order valence-corrected chi connectivity index (χ0v) is 8.26. The van der Waals surface area contributed by atoms with E-state index in [4.69, 9.17) is 0 Å². The van der Waals surface area contributed by atoms with Gasteiger partial charge in [-0.2, -0.15) is 0 Å². The second-order valence-corrected chi connectivity index (χ2v) is 4.66. The summed E-state index contributed by atoms with van der Waals surface area (Å²) < 4.78 is 0. The van der Waals surface area contributed by atoms with Gasteiger partial charge in [0.15, 0.2) is 0 Å². The highest BCUT2D eigenvalue weighted by Gasteiger charge is 2.25. The maximum Gasteiger partial charge on any atom is 0.00952 e. The van der Waals surface area contributed by atoms with Crippen molar-refractivity contribution < 1.29 is 0 Å². The third-order valence-electron chi connectivity index (χ3n) is 3.64. The van der Waals surface area contributed by atoms with Crippen LogP contribution in [0.1, 0.15) is 45.4 Å². The first-order valence-electron chi connectivity index (χ1n) is 5.60. The van der Waals surface area contributed by atoms with Crippen LogP contribution >= 0.6 is 0 Å². The van der Waals surface area contributed by atoms with Crippen molar-refractivity contribution in [3.8, 4) is 0 Å². The zero-order valence-electron chi connectivity index (χ0n) is 8.26. The van der Waals surface area contributed by atoms with E-state index in [0.717, 1.165) is 12.0 Å². The lowest BCUT2D eigenvalue weighted by Crippen LogP contribution is -2.40. The zero-order chi connectivity index (χ0) is 8.39. The molecule has 12 heavy (non-hydrogen) atoms. The van der Waals surface area contributed by atoms with Crippen LogP contribution in [-0.4, -0.2) is 24.0 Å².